The number of nitrogens with zero attached hydrogens (tertiary/aromatic N) is 1. The van der Waals surface area contributed by atoms with Gasteiger partial charge in [0.15, 0.2) is 5.76 Å². The first kappa shape index (κ1) is 19.7. The minimum Gasteiger partial charge on any atom is -0.872 e. The summed E-state index contributed by atoms with van der Waals surface area (Å²) in [7, 11) is 3.58. The molecule has 1 saturated heterocycles. The molecule has 0 bridgehead atoms. The maximum absolute atomic E-state index is 13.1. The van der Waals surface area contributed by atoms with Gasteiger partial charge >= 0.3 is 0 Å². The van der Waals surface area contributed by atoms with E-state index in [1.165, 1.54) is 11.0 Å². The van der Waals surface area contributed by atoms with Crippen molar-refractivity contribution in [1.29, 1.82) is 0 Å². The second-order valence-electron chi connectivity index (χ2n) is 7.98. The summed E-state index contributed by atoms with van der Waals surface area (Å²) >= 11 is 0. The van der Waals surface area contributed by atoms with Crippen LogP contribution in [0.3, 0.4) is 0 Å². The topological polar surface area (TPSA) is 77.2 Å². The summed E-state index contributed by atoms with van der Waals surface area (Å²) in [4.78, 5) is 14.3. The Bertz CT molecular complexity index is 1200. The minimum absolute atomic E-state index is 0.0957. The number of ether oxygens (including phenoxy) is 3. The molecule has 5 rings (SSSR count). The quantitative estimate of drug-likeness (QED) is 0.644. The van der Waals surface area contributed by atoms with Crippen molar-refractivity contribution in [3.8, 4) is 17.2 Å². The number of hydrogen-bond donors (Lipinski definition) is 1. The summed E-state index contributed by atoms with van der Waals surface area (Å²) in [6.45, 7) is 3.54. The first-order chi connectivity index (χ1) is 15.0. The second-order valence-corrected chi connectivity index (χ2v) is 7.98. The lowest BCUT2D eigenvalue weighted by molar-refractivity contribution is -0.921. The van der Waals surface area contributed by atoms with Crippen LogP contribution >= 0.6 is 0 Å². The summed E-state index contributed by atoms with van der Waals surface area (Å²) in [5, 5.41) is 13.6. The van der Waals surface area contributed by atoms with E-state index in [4.69, 9.17) is 14.2 Å². The van der Waals surface area contributed by atoms with Crippen molar-refractivity contribution in [2.24, 2.45) is 7.05 Å². The Morgan fingerprint density at radius 3 is 2.81 bits per heavy atom. The number of methoxy groups -OCH3 is 1. The van der Waals surface area contributed by atoms with Gasteiger partial charge in [-0.05, 0) is 30.3 Å². The number of benzene rings is 2. The summed E-state index contributed by atoms with van der Waals surface area (Å²) in [5.41, 5.74) is 2.89. The molecule has 7 heteroatoms. The predicted octanol–water partition coefficient (Wildman–Crippen LogP) is 1.29. The standard InChI is InChI=1S/C24H24N2O5/c1-25-13-15(18-12-16(29-2)3-5-20(18)25)11-22-23(28)17-4-6-21(27)19(24(17)31-22)14-26-7-9-30-10-8-26/h3-6,11-13,27H,7-10,14H2,1-2H3/b22-11+. The maximum atomic E-state index is 13.1. The van der Waals surface area contributed by atoms with Gasteiger partial charge in [0.05, 0.1) is 25.9 Å². The fourth-order valence-corrected chi connectivity index (χ4v) is 4.33. The fraction of sp³-hybridized carbons (Fsp3) is 0.292. The zero-order valence-electron chi connectivity index (χ0n) is 17.6. The normalized spacial score (nSPS) is 17.9. The molecule has 1 aromatic heterocycles. The zero-order valence-corrected chi connectivity index (χ0v) is 17.6. The number of nitrogens with one attached hydrogen (secondary N) is 1. The molecule has 160 valence electrons. The number of hydrogen-bond acceptors (Lipinski definition) is 5. The highest BCUT2D eigenvalue weighted by Crippen LogP contribution is 2.39. The minimum atomic E-state index is -0.201. The molecular formula is C24H24N2O5. The summed E-state index contributed by atoms with van der Waals surface area (Å²) in [6, 6.07) is 8.88. The Kier molecular flexibility index (Phi) is 4.92. The van der Waals surface area contributed by atoms with E-state index in [1.807, 2.05) is 36.0 Å². The summed E-state index contributed by atoms with van der Waals surface area (Å²) < 4.78 is 18.8. The van der Waals surface area contributed by atoms with Gasteiger partial charge in [-0.15, -0.1) is 0 Å². The number of aromatic nitrogens is 1. The molecule has 0 atom stereocenters. The molecule has 0 spiro atoms. The number of Topliss-reactive ketones (excluding diaryl/α,β-unsaturated/α-hetero) is 1. The number of aryl methyl sites for hydroxylation is 1. The van der Waals surface area contributed by atoms with Crippen LogP contribution in [-0.2, 0) is 18.3 Å². The van der Waals surface area contributed by atoms with Crippen molar-refractivity contribution in [2.75, 3.05) is 33.4 Å². The molecule has 0 amide bonds. The molecule has 1 fully saturated rings. The number of carbonyl (C=O) groups is 1. The zero-order chi connectivity index (χ0) is 21.5. The summed E-state index contributed by atoms with van der Waals surface area (Å²) in [5.74, 6) is 1.08. The van der Waals surface area contributed by atoms with Crippen molar-refractivity contribution < 1.29 is 29.0 Å². The Morgan fingerprint density at radius 2 is 2.03 bits per heavy atom. The van der Waals surface area contributed by atoms with E-state index < -0.39 is 0 Å². The number of fused-ring (bicyclic) bond motifs is 2. The second kappa shape index (κ2) is 7.76. The van der Waals surface area contributed by atoms with Gasteiger partial charge in [-0.2, -0.15) is 0 Å². The van der Waals surface area contributed by atoms with Crippen LogP contribution in [0.25, 0.3) is 17.0 Å². The number of quaternary nitrogens is 1. The molecule has 3 aromatic rings. The van der Waals surface area contributed by atoms with Crippen LogP contribution in [0.4, 0.5) is 0 Å². The molecule has 3 heterocycles. The van der Waals surface area contributed by atoms with Crippen molar-refractivity contribution in [3.05, 3.63) is 59.0 Å². The van der Waals surface area contributed by atoms with Crippen LogP contribution in [0, 0.1) is 0 Å². The van der Waals surface area contributed by atoms with Crippen LogP contribution in [0.15, 0.2) is 42.3 Å². The number of ketones is 1. The first-order valence-electron chi connectivity index (χ1n) is 10.4. The molecule has 0 unspecified atom stereocenters. The van der Waals surface area contributed by atoms with E-state index in [1.54, 1.807) is 19.3 Å². The Balaban J connectivity index is 1.52. The molecule has 1 N–H and O–H groups in total. The lowest BCUT2D eigenvalue weighted by Crippen LogP contribution is -3.12. The number of morpholine rings is 1. The molecule has 7 nitrogen and oxygen atoms in total. The number of rotatable bonds is 4. The van der Waals surface area contributed by atoms with Gasteiger partial charge in [-0.3, -0.25) is 4.79 Å². The van der Waals surface area contributed by atoms with E-state index >= 15 is 0 Å². The Hall–Kier alpha value is -3.29. The van der Waals surface area contributed by atoms with Crippen LogP contribution in [-0.4, -0.2) is 43.8 Å². The van der Waals surface area contributed by atoms with Gasteiger partial charge in [-0.25, -0.2) is 0 Å². The molecule has 2 aliphatic heterocycles. The van der Waals surface area contributed by atoms with E-state index in [0.29, 0.717) is 36.6 Å². The maximum Gasteiger partial charge on any atom is 0.231 e. The molecule has 0 aliphatic carbocycles. The van der Waals surface area contributed by atoms with Crippen LogP contribution in [0.2, 0.25) is 0 Å². The van der Waals surface area contributed by atoms with E-state index in [-0.39, 0.29) is 17.3 Å². The fourth-order valence-electron chi connectivity index (χ4n) is 4.33. The van der Waals surface area contributed by atoms with Gasteiger partial charge in [0.2, 0.25) is 5.78 Å². The molecule has 2 aliphatic rings. The van der Waals surface area contributed by atoms with Crippen molar-refractivity contribution in [3.63, 3.8) is 0 Å². The summed E-state index contributed by atoms with van der Waals surface area (Å²) in [6.07, 6.45) is 3.70. The first-order valence-corrected chi connectivity index (χ1v) is 10.4. The predicted molar refractivity (Wildman–Crippen MR) is 114 cm³/mol. The average molecular weight is 420 g/mol. The molecular weight excluding hydrogens is 396 g/mol. The van der Waals surface area contributed by atoms with E-state index in [9.17, 15) is 9.90 Å². The monoisotopic (exact) mass is 420 g/mol. The highest BCUT2D eigenvalue weighted by molar-refractivity contribution is 6.15. The SMILES string of the molecule is COc1ccc2c(c1)c(/C=C1/Oc3c(ccc([O-])c3C[NH+]3CCOCC3)C1=O)cn2C. The molecule has 2 aromatic carbocycles. The van der Waals surface area contributed by atoms with E-state index in [0.717, 1.165) is 35.3 Å². The lowest BCUT2D eigenvalue weighted by atomic mass is 10.0. The Morgan fingerprint density at radius 1 is 1.23 bits per heavy atom. The van der Waals surface area contributed by atoms with Crippen LogP contribution < -0.4 is 19.5 Å². The third-order valence-electron chi connectivity index (χ3n) is 6.04. The Labute approximate surface area is 180 Å². The smallest absolute Gasteiger partial charge is 0.231 e. The molecule has 31 heavy (non-hydrogen) atoms. The highest BCUT2D eigenvalue weighted by atomic mass is 16.5. The number of allylic oxidation sites excluding steroid dienone is 1. The van der Waals surface area contributed by atoms with Crippen LogP contribution in [0.5, 0.6) is 17.2 Å². The molecule has 0 saturated carbocycles. The third kappa shape index (κ3) is 3.45. The van der Waals surface area contributed by atoms with Crippen molar-refractivity contribution in [2.45, 2.75) is 6.54 Å². The molecule has 0 radical (unpaired) electrons. The van der Waals surface area contributed by atoms with Gasteiger partial charge in [-0.1, -0.05) is 11.8 Å². The third-order valence-corrected chi connectivity index (χ3v) is 6.04. The number of carbonyl (C=O) groups excluding carboxylic acids is 1. The largest absolute Gasteiger partial charge is 0.872 e. The van der Waals surface area contributed by atoms with Gasteiger partial charge in [0.25, 0.3) is 0 Å². The lowest BCUT2D eigenvalue weighted by Gasteiger charge is -2.26. The van der Waals surface area contributed by atoms with Gasteiger partial charge in [0.1, 0.15) is 31.1 Å². The average Bonchev–Trinajstić information content (AvgIpc) is 3.27. The highest BCUT2D eigenvalue weighted by Gasteiger charge is 2.31. The van der Waals surface area contributed by atoms with Gasteiger partial charge < -0.3 is 28.8 Å². The van der Waals surface area contributed by atoms with Crippen LogP contribution in [0.1, 0.15) is 21.5 Å². The van der Waals surface area contributed by atoms with Crippen molar-refractivity contribution in [1.82, 2.24) is 4.57 Å². The van der Waals surface area contributed by atoms with E-state index in [2.05, 4.69) is 0 Å². The van der Waals surface area contributed by atoms with Gasteiger partial charge in [0, 0.05) is 35.3 Å². The van der Waals surface area contributed by atoms with Crippen molar-refractivity contribution >= 4 is 22.8 Å².